The maximum absolute atomic E-state index is 6.29. The van der Waals surface area contributed by atoms with Gasteiger partial charge in [0, 0.05) is 35.5 Å². The van der Waals surface area contributed by atoms with E-state index in [1.807, 2.05) is 32.9 Å². The summed E-state index contributed by atoms with van der Waals surface area (Å²) in [7, 11) is 0. The van der Waals surface area contributed by atoms with Crippen LogP contribution in [0.3, 0.4) is 0 Å². The highest BCUT2D eigenvalue weighted by Gasteiger charge is 2.31. The summed E-state index contributed by atoms with van der Waals surface area (Å²) in [6.07, 6.45) is 7.51. The molecule has 30 heavy (non-hydrogen) atoms. The van der Waals surface area contributed by atoms with Crippen molar-refractivity contribution < 1.29 is 9.47 Å². The van der Waals surface area contributed by atoms with Crippen LogP contribution >= 0.6 is 0 Å². The minimum atomic E-state index is -0.518. The summed E-state index contributed by atoms with van der Waals surface area (Å²) >= 11 is 0. The summed E-state index contributed by atoms with van der Waals surface area (Å²) in [6, 6.07) is 5.92. The lowest BCUT2D eigenvalue weighted by atomic mass is 9.90. The van der Waals surface area contributed by atoms with E-state index in [2.05, 4.69) is 32.1 Å². The van der Waals surface area contributed by atoms with E-state index in [0.717, 1.165) is 28.0 Å². The molecule has 0 aliphatic carbocycles. The largest absolute Gasteiger partial charge is 0.490 e. The first-order chi connectivity index (χ1) is 14.4. The van der Waals surface area contributed by atoms with E-state index in [1.54, 1.807) is 12.4 Å². The van der Waals surface area contributed by atoms with E-state index >= 15 is 0 Å². The van der Waals surface area contributed by atoms with Gasteiger partial charge in [-0.3, -0.25) is 0 Å². The number of nitrogens with two attached hydrogens (primary N) is 2. The van der Waals surface area contributed by atoms with Gasteiger partial charge in [0.1, 0.15) is 17.7 Å². The number of fused-ring (bicyclic) bond motifs is 1. The number of hydrogen-bond donors (Lipinski definition) is 2. The molecule has 0 amide bonds. The molecule has 154 valence electrons. The minimum Gasteiger partial charge on any atom is -0.490 e. The van der Waals surface area contributed by atoms with Crippen LogP contribution in [0, 0.1) is 0 Å². The predicted molar refractivity (Wildman–Crippen MR) is 115 cm³/mol. The van der Waals surface area contributed by atoms with Gasteiger partial charge in [0.15, 0.2) is 11.5 Å². The van der Waals surface area contributed by atoms with Crippen molar-refractivity contribution in [3.05, 3.63) is 65.4 Å². The number of aromatic nitrogens is 4. The Morgan fingerprint density at radius 1 is 1.17 bits per heavy atom. The molecular formula is C22H24N6O2. The first-order valence-electron chi connectivity index (χ1n) is 9.71. The van der Waals surface area contributed by atoms with Crippen LogP contribution in [-0.4, -0.2) is 32.1 Å². The molecule has 3 heterocycles. The Balaban J connectivity index is 1.85. The van der Waals surface area contributed by atoms with E-state index < -0.39 is 5.60 Å². The lowest BCUT2D eigenvalue weighted by Gasteiger charge is -2.32. The summed E-state index contributed by atoms with van der Waals surface area (Å²) in [6.45, 7) is 6.47. The van der Waals surface area contributed by atoms with Crippen molar-refractivity contribution in [1.29, 1.82) is 0 Å². The number of ether oxygens (including phenoxy) is 2. The first kappa shape index (κ1) is 19.6. The molecule has 0 bridgehead atoms. The van der Waals surface area contributed by atoms with Crippen molar-refractivity contribution >= 4 is 17.3 Å². The van der Waals surface area contributed by atoms with Crippen LogP contribution in [0.5, 0.6) is 11.5 Å². The van der Waals surface area contributed by atoms with Gasteiger partial charge in [0.05, 0.1) is 12.3 Å². The van der Waals surface area contributed by atoms with Crippen molar-refractivity contribution in [2.45, 2.75) is 32.8 Å². The van der Waals surface area contributed by atoms with Crippen LogP contribution in [0.1, 0.15) is 43.2 Å². The van der Waals surface area contributed by atoms with Gasteiger partial charge in [-0.2, -0.15) is 4.98 Å². The van der Waals surface area contributed by atoms with E-state index in [1.165, 1.54) is 6.33 Å². The fourth-order valence-corrected chi connectivity index (χ4v) is 3.50. The molecule has 8 heteroatoms. The van der Waals surface area contributed by atoms with Crippen molar-refractivity contribution in [3.63, 3.8) is 0 Å². The maximum atomic E-state index is 6.29. The molecule has 1 aliphatic rings. The zero-order valence-corrected chi connectivity index (χ0v) is 17.2. The first-order valence-corrected chi connectivity index (χ1v) is 9.71. The predicted octanol–water partition coefficient (Wildman–Crippen LogP) is 3.02. The van der Waals surface area contributed by atoms with Crippen LogP contribution < -0.4 is 20.9 Å². The van der Waals surface area contributed by atoms with Gasteiger partial charge in [0.25, 0.3) is 0 Å². The zero-order valence-electron chi connectivity index (χ0n) is 17.2. The average Bonchev–Trinajstić information content (AvgIpc) is 2.71. The number of nitrogen functional groups attached to an aromatic ring is 2. The summed E-state index contributed by atoms with van der Waals surface area (Å²) < 4.78 is 12.2. The van der Waals surface area contributed by atoms with Crippen molar-refractivity contribution in [1.82, 2.24) is 19.9 Å². The van der Waals surface area contributed by atoms with E-state index in [0.29, 0.717) is 30.3 Å². The molecule has 0 atom stereocenters. The average molecular weight is 404 g/mol. The van der Waals surface area contributed by atoms with E-state index in [-0.39, 0.29) is 5.95 Å². The Labute approximate surface area is 175 Å². The Bertz CT molecular complexity index is 1110. The van der Waals surface area contributed by atoms with Crippen LogP contribution in [0.25, 0.3) is 5.57 Å². The summed E-state index contributed by atoms with van der Waals surface area (Å²) in [4.78, 5) is 16.6. The Morgan fingerprint density at radius 3 is 2.70 bits per heavy atom. The van der Waals surface area contributed by atoms with Crippen molar-refractivity contribution in [2.75, 3.05) is 18.1 Å². The highest BCUT2D eigenvalue weighted by molar-refractivity contribution is 5.85. The van der Waals surface area contributed by atoms with Crippen molar-refractivity contribution in [2.24, 2.45) is 0 Å². The quantitative estimate of drug-likeness (QED) is 0.665. The third kappa shape index (κ3) is 3.89. The van der Waals surface area contributed by atoms with Crippen LogP contribution in [0.15, 0.2) is 43.0 Å². The molecule has 0 unspecified atom stereocenters. The summed E-state index contributed by atoms with van der Waals surface area (Å²) in [5.74, 6) is 1.89. The van der Waals surface area contributed by atoms with Gasteiger partial charge < -0.3 is 20.9 Å². The topological polar surface area (TPSA) is 122 Å². The standard InChI is InChI=1S/C22H24N6O2/c1-4-29-18-9-13(7-14-11-26-21(24)28-20(14)23)8-15-16(17-5-6-25-12-27-17)10-22(2,3)30-19(15)18/h5-6,8-12H,4,7H2,1-3H3,(H4,23,24,26,28). The Morgan fingerprint density at radius 2 is 2.00 bits per heavy atom. The highest BCUT2D eigenvalue weighted by Crippen LogP contribution is 2.45. The molecule has 0 radical (unpaired) electrons. The number of rotatable bonds is 5. The van der Waals surface area contributed by atoms with E-state index in [9.17, 15) is 0 Å². The molecule has 0 saturated carbocycles. The van der Waals surface area contributed by atoms with Gasteiger partial charge in [-0.15, -0.1) is 0 Å². The lowest BCUT2D eigenvalue weighted by Crippen LogP contribution is -2.29. The Kier molecular flexibility index (Phi) is 4.99. The van der Waals surface area contributed by atoms with Gasteiger partial charge in [-0.25, -0.2) is 15.0 Å². The number of hydrogen-bond acceptors (Lipinski definition) is 8. The molecular weight excluding hydrogens is 380 g/mol. The molecule has 3 aromatic rings. The van der Waals surface area contributed by atoms with E-state index in [4.69, 9.17) is 20.9 Å². The van der Waals surface area contributed by atoms with Crippen molar-refractivity contribution in [3.8, 4) is 11.5 Å². The monoisotopic (exact) mass is 404 g/mol. The molecule has 4 N–H and O–H groups in total. The minimum absolute atomic E-state index is 0.154. The highest BCUT2D eigenvalue weighted by atomic mass is 16.5. The smallest absolute Gasteiger partial charge is 0.221 e. The van der Waals surface area contributed by atoms with Crippen LogP contribution in [0.2, 0.25) is 0 Å². The van der Waals surface area contributed by atoms with Gasteiger partial charge >= 0.3 is 0 Å². The second kappa shape index (κ2) is 7.62. The third-order valence-corrected chi connectivity index (χ3v) is 4.73. The number of nitrogens with zero attached hydrogens (tertiary/aromatic N) is 4. The fraction of sp³-hybridized carbons (Fsp3) is 0.273. The lowest BCUT2D eigenvalue weighted by molar-refractivity contribution is 0.149. The second-order valence-electron chi connectivity index (χ2n) is 7.58. The molecule has 0 saturated heterocycles. The second-order valence-corrected chi connectivity index (χ2v) is 7.58. The molecule has 8 nitrogen and oxygen atoms in total. The van der Waals surface area contributed by atoms with Gasteiger partial charge in [-0.05, 0) is 50.6 Å². The Hall–Kier alpha value is -3.68. The molecule has 4 rings (SSSR count). The maximum Gasteiger partial charge on any atom is 0.221 e. The normalized spacial score (nSPS) is 14.4. The molecule has 2 aromatic heterocycles. The van der Waals surface area contributed by atoms with Crippen LogP contribution in [0.4, 0.5) is 11.8 Å². The molecule has 1 aromatic carbocycles. The van der Waals surface area contributed by atoms with Gasteiger partial charge in [-0.1, -0.05) is 0 Å². The molecule has 0 spiro atoms. The summed E-state index contributed by atoms with van der Waals surface area (Å²) in [5, 5.41) is 0. The summed E-state index contributed by atoms with van der Waals surface area (Å²) in [5.41, 5.74) is 15.6. The van der Waals surface area contributed by atoms with Gasteiger partial charge in [0.2, 0.25) is 5.95 Å². The number of benzene rings is 1. The third-order valence-electron chi connectivity index (χ3n) is 4.73. The fourth-order valence-electron chi connectivity index (χ4n) is 3.50. The number of anilines is 2. The van der Waals surface area contributed by atoms with Crippen LogP contribution in [-0.2, 0) is 6.42 Å². The SMILES string of the molecule is CCOc1cc(Cc2cnc(N)nc2N)cc2c1OC(C)(C)C=C2c1ccncn1. The molecule has 1 aliphatic heterocycles. The zero-order chi connectivity index (χ0) is 21.3. The molecule has 0 fully saturated rings.